The molecule has 3 heterocycles. The molecular weight excluding hydrogens is 327 g/mol. The normalized spacial score (nSPS) is 17.8. The second-order valence-electron chi connectivity index (χ2n) is 5.80. The number of ether oxygens (including phenoxy) is 1. The van der Waals surface area contributed by atoms with E-state index in [1.807, 2.05) is 4.90 Å². The number of anilines is 1. The molecule has 0 amide bonds. The van der Waals surface area contributed by atoms with E-state index in [4.69, 9.17) is 4.74 Å². The van der Waals surface area contributed by atoms with Gasteiger partial charge in [-0.1, -0.05) is 18.2 Å². The fraction of sp³-hybridized carbons (Fsp3) is 0.235. The van der Waals surface area contributed by atoms with Gasteiger partial charge >= 0.3 is 5.82 Å². The standard InChI is InChI=1S/C17H15FN4O3/c18-13-6-4-12(5-7-13)14-11-20(9-10-25-14)16-17(22(23)24)21-8-2-1-3-15(21)19-16/h1-8,14H,9-11H2. The zero-order valence-electron chi connectivity index (χ0n) is 13.2. The van der Waals surface area contributed by atoms with Crippen LogP contribution in [0.4, 0.5) is 16.0 Å². The van der Waals surface area contributed by atoms with Crippen molar-refractivity contribution in [2.45, 2.75) is 6.10 Å². The Kier molecular flexibility index (Phi) is 3.81. The highest BCUT2D eigenvalue weighted by Crippen LogP contribution is 2.32. The molecule has 1 aliphatic heterocycles. The van der Waals surface area contributed by atoms with E-state index in [9.17, 15) is 14.5 Å². The number of imidazole rings is 1. The highest BCUT2D eigenvalue weighted by molar-refractivity contribution is 5.63. The molecule has 4 rings (SSSR count). The van der Waals surface area contributed by atoms with E-state index in [-0.39, 0.29) is 17.7 Å². The summed E-state index contributed by atoms with van der Waals surface area (Å²) in [4.78, 5) is 17.4. The van der Waals surface area contributed by atoms with E-state index in [0.29, 0.717) is 31.2 Å². The summed E-state index contributed by atoms with van der Waals surface area (Å²) >= 11 is 0. The van der Waals surface area contributed by atoms with Crippen molar-refractivity contribution in [1.29, 1.82) is 0 Å². The SMILES string of the molecule is O=[N+]([O-])c1c(N2CCOC(c3ccc(F)cc3)C2)nc2ccccn12. The number of hydrogen-bond acceptors (Lipinski definition) is 5. The Labute approximate surface area is 142 Å². The van der Waals surface area contributed by atoms with Gasteiger partial charge in [-0.15, -0.1) is 0 Å². The summed E-state index contributed by atoms with van der Waals surface area (Å²) < 4.78 is 20.3. The Morgan fingerprint density at radius 2 is 2.04 bits per heavy atom. The molecule has 1 aromatic carbocycles. The first-order valence-electron chi connectivity index (χ1n) is 7.87. The van der Waals surface area contributed by atoms with Crippen LogP contribution in [0.25, 0.3) is 5.65 Å². The van der Waals surface area contributed by atoms with Gasteiger partial charge in [0.05, 0.1) is 19.3 Å². The molecule has 2 aromatic heterocycles. The zero-order chi connectivity index (χ0) is 17.4. The maximum absolute atomic E-state index is 13.1. The van der Waals surface area contributed by atoms with Crippen LogP contribution in [-0.2, 0) is 4.74 Å². The van der Waals surface area contributed by atoms with Crippen molar-refractivity contribution < 1.29 is 14.1 Å². The molecule has 0 saturated carbocycles. The van der Waals surface area contributed by atoms with Gasteiger partial charge in [-0.05, 0) is 28.7 Å². The van der Waals surface area contributed by atoms with Crippen LogP contribution in [0.3, 0.4) is 0 Å². The molecule has 7 nitrogen and oxygen atoms in total. The number of halogens is 1. The number of fused-ring (bicyclic) bond motifs is 1. The van der Waals surface area contributed by atoms with Gasteiger partial charge in [0.15, 0.2) is 0 Å². The first kappa shape index (κ1) is 15.5. The molecule has 0 aliphatic carbocycles. The molecule has 3 aromatic rings. The summed E-state index contributed by atoms with van der Waals surface area (Å²) in [6.07, 6.45) is 1.33. The Bertz CT molecular complexity index is 925. The summed E-state index contributed by atoms with van der Waals surface area (Å²) in [5.74, 6) is -0.0469. The van der Waals surface area contributed by atoms with Crippen molar-refractivity contribution in [2.24, 2.45) is 0 Å². The van der Waals surface area contributed by atoms with Crippen LogP contribution in [0.2, 0.25) is 0 Å². The summed E-state index contributed by atoms with van der Waals surface area (Å²) in [5.41, 5.74) is 1.35. The van der Waals surface area contributed by atoms with Crippen LogP contribution in [-0.4, -0.2) is 34.0 Å². The molecule has 8 heteroatoms. The second-order valence-corrected chi connectivity index (χ2v) is 5.80. The quantitative estimate of drug-likeness (QED) is 0.540. The van der Waals surface area contributed by atoms with E-state index in [2.05, 4.69) is 4.98 Å². The van der Waals surface area contributed by atoms with E-state index >= 15 is 0 Å². The summed E-state index contributed by atoms with van der Waals surface area (Å²) in [6.45, 7) is 1.33. The molecular formula is C17H15FN4O3. The number of hydrogen-bond donors (Lipinski definition) is 0. The van der Waals surface area contributed by atoms with Crippen molar-refractivity contribution in [1.82, 2.24) is 9.38 Å². The van der Waals surface area contributed by atoms with E-state index in [1.54, 1.807) is 36.5 Å². The molecule has 0 radical (unpaired) electrons. The number of nitrogens with zero attached hydrogens (tertiary/aromatic N) is 4. The highest BCUT2D eigenvalue weighted by atomic mass is 19.1. The molecule has 0 bridgehead atoms. The Balaban J connectivity index is 1.69. The Morgan fingerprint density at radius 3 is 2.80 bits per heavy atom. The number of aromatic nitrogens is 2. The maximum atomic E-state index is 13.1. The van der Waals surface area contributed by atoms with Gasteiger partial charge in [-0.3, -0.25) is 0 Å². The van der Waals surface area contributed by atoms with Crippen LogP contribution >= 0.6 is 0 Å². The third kappa shape index (κ3) is 2.80. The van der Waals surface area contributed by atoms with E-state index in [1.165, 1.54) is 16.5 Å². The Hall–Kier alpha value is -3.00. The molecule has 1 saturated heterocycles. The first-order valence-corrected chi connectivity index (χ1v) is 7.87. The van der Waals surface area contributed by atoms with Gasteiger partial charge in [-0.2, -0.15) is 9.38 Å². The lowest BCUT2D eigenvalue weighted by Gasteiger charge is -2.32. The first-order chi connectivity index (χ1) is 12.1. The number of nitro groups is 1. The smallest absolute Gasteiger partial charge is 0.370 e. The van der Waals surface area contributed by atoms with Crippen molar-refractivity contribution >= 4 is 17.3 Å². The topological polar surface area (TPSA) is 72.9 Å². The number of rotatable bonds is 3. The van der Waals surface area contributed by atoms with Crippen LogP contribution in [0.15, 0.2) is 48.7 Å². The fourth-order valence-corrected chi connectivity index (χ4v) is 3.07. The lowest BCUT2D eigenvalue weighted by Crippen LogP contribution is -2.38. The average Bonchev–Trinajstić information content (AvgIpc) is 3.02. The van der Waals surface area contributed by atoms with Crippen molar-refractivity contribution in [2.75, 3.05) is 24.6 Å². The van der Waals surface area contributed by atoms with Gasteiger partial charge in [0, 0.05) is 12.6 Å². The summed E-state index contributed by atoms with van der Waals surface area (Å²) in [5, 5.41) is 11.6. The lowest BCUT2D eigenvalue weighted by atomic mass is 10.1. The predicted octanol–water partition coefficient (Wildman–Crippen LogP) is 2.96. The largest absolute Gasteiger partial charge is 0.372 e. The minimum atomic E-state index is -0.419. The molecule has 0 N–H and O–H groups in total. The second kappa shape index (κ2) is 6.14. The minimum Gasteiger partial charge on any atom is -0.370 e. The third-order valence-electron chi connectivity index (χ3n) is 4.27. The van der Waals surface area contributed by atoms with Crippen LogP contribution < -0.4 is 4.90 Å². The van der Waals surface area contributed by atoms with Gasteiger partial charge in [-0.25, -0.2) is 4.39 Å². The van der Waals surface area contributed by atoms with Crippen LogP contribution in [0.5, 0.6) is 0 Å². The Morgan fingerprint density at radius 1 is 1.24 bits per heavy atom. The van der Waals surface area contributed by atoms with Gasteiger partial charge < -0.3 is 19.8 Å². The number of pyridine rings is 1. The summed E-state index contributed by atoms with van der Waals surface area (Å²) in [7, 11) is 0. The lowest BCUT2D eigenvalue weighted by molar-refractivity contribution is -0.389. The fourth-order valence-electron chi connectivity index (χ4n) is 3.07. The molecule has 25 heavy (non-hydrogen) atoms. The van der Waals surface area contributed by atoms with E-state index < -0.39 is 4.92 Å². The number of benzene rings is 1. The van der Waals surface area contributed by atoms with Crippen molar-refractivity contribution in [3.05, 3.63) is 70.2 Å². The zero-order valence-corrected chi connectivity index (χ0v) is 13.2. The van der Waals surface area contributed by atoms with Crippen molar-refractivity contribution in [3.8, 4) is 0 Å². The molecule has 128 valence electrons. The van der Waals surface area contributed by atoms with Gasteiger partial charge in [0.1, 0.15) is 11.9 Å². The highest BCUT2D eigenvalue weighted by Gasteiger charge is 2.31. The molecule has 0 spiro atoms. The summed E-state index contributed by atoms with van der Waals surface area (Å²) in [6, 6.07) is 11.3. The maximum Gasteiger partial charge on any atom is 0.372 e. The van der Waals surface area contributed by atoms with Gasteiger partial charge in [0.2, 0.25) is 11.5 Å². The third-order valence-corrected chi connectivity index (χ3v) is 4.27. The molecule has 1 unspecified atom stereocenters. The van der Waals surface area contributed by atoms with Gasteiger partial charge in [0.25, 0.3) is 0 Å². The molecule has 1 aliphatic rings. The monoisotopic (exact) mass is 342 g/mol. The predicted molar refractivity (Wildman–Crippen MR) is 89.2 cm³/mol. The number of morpholine rings is 1. The van der Waals surface area contributed by atoms with Crippen molar-refractivity contribution in [3.63, 3.8) is 0 Å². The molecule has 1 atom stereocenters. The molecule has 1 fully saturated rings. The average molecular weight is 342 g/mol. The van der Waals surface area contributed by atoms with E-state index in [0.717, 1.165) is 5.56 Å². The van der Waals surface area contributed by atoms with Crippen LogP contribution in [0, 0.1) is 15.9 Å². The van der Waals surface area contributed by atoms with Crippen LogP contribution in [0.1, 0.15) is 11.7 Å². The minimum absolute atomic E-state index is 0.0599.